The van der Waals surface area contributed by atoms with Gasteiger partial charge in [0.1, 0.15) is 5.82 Å². The number of nitrogens with zero attached hydrogens (tertiary/aromatic N) is 2. The van der Waals surface area contributed by atoms with Crippen LogP contribution in [0.25, 0.3) is 0 Å². The van der Waals surface area contributed by atoms with Crippen molar-refractivity contribution in [3.05, 3.63) is 17.3 Å². The number of aromatic nitrogens is 2. The highest BCUT2D eigenvalue weighted by molar-refractivity contribution is 5.38. The van der Waals surface area contributed by atoms with Crippen molar-refractivity contribution in [2.45, 2.75) is 32.6 Å². The number of halogens is 1. The molecule has 0 atom stereocenters. The van der Waals surface area contributed by atoms with Crippen LogP contribution >= 0.6 is 0 Å². The molecule has 0 saturated heterocycles. The van der Waals surface area contributed by atoms with E-state index in [4.69, 9.17) is 0 Å². The van der Waals surface area contributed by atoms with Gasteiger partial charge in [-0.25, -0.2) is 14.4 Å². The molecule has 1 aromatic rings. The molecule has 4 heteroatoms. The van der Waals surface area contributed by atoms with E-state index in [9.17, 15) is 4.39 Å². The van der Waals surface area contributed by atoms with Crippen LogP contribution in [0.4, 0.5) is 10.2 Å². The lowest BCUT2D eigenvalue weighted by Gasteiger charge is -2.07. The molecule has 14 heavy (non-hydrogen) atoms. The summed E-state index contributed by atoms with van der Waals surface area (Å²) in [7, 11) is 0. The first-order chi connectivity index (χ1) is 6.72. The summed E-state index contributed by atoms with van der Waals surface area (Å²) in [5.41, 5.74) is 0.442. The third-order valence-corrected chi connectivity index (χ3v) is 2.32. The van der Waals surface area contributed by atoms with E-state index < -0.39 is 0 Å². The van der Waals surface area contributed by atoms with Crippen LogP contribution in [-0.4, -0.2) is 16.5 Å². The molecule has 0 spiro atoms. The zero-order valence-corrected chi connectivity index (χ0v) is 8.47. The van der Waals surface area contributed by atoms with Gasteiger partial charge in [-0.15, -0.1) is 0 Å². The minimum atomic E-state index is -0.323. The normalized spacial score (nSPS) is 15.6. The number of rotatable bonds is 3. The average molecular weight is 195 g/mol. The van der Waals surface area contributed by atoms with Gasteiger partial charge in [0, 0.05) is 12.5 Å². The molecule has 0 unspecified atom stereocenters. The Morgan fingerprint density at radius 3 is 2.71 bits per heavy atom. The molecule has 1 fully saturated rings. The first-order valence-electron chi connectivity index (χ1n) is 5.00. The number of nitrogens with one attached hydrogen (secondary N) is 1. The second kappa shape index (κ2) is 3.52. The summed E-state index contributed by atoms with van der Waals surface area (Å²) in [4.78, 5) is 8.34. The average Bonchev–Trinajstić information content (AvgIpc) is 2.96. The van der Waals surface area contributed by atoms with E-state index in [0.29, 0.717) is 24.0 Å². The van der Waals surface area contributed by atoms with Crippen LogP contribution in [0, 0.1) is 12.7 Å². The molecule has 0 bridgehead atoms. The van der Waals surface area contributed by atoms with Gasteiger partial charge in [0.15, 0.2) is 11.6 Å². The van der Waals surface area contributed by atoms with Crippen molar-refractivity contribution in [1.82, 2.24) is 9.97 Å². The quantitative estimate of drug-likeness (QED) is 0.803. The van der Waals surface area contributed by atoms with Gasteiger partial charge in [0.05, 0.1) is 5.69 Å². The van der Waals surface area contributed by atoms with Gasteiger partial charge in [0.2, 0.25) is 0 Å². The monoisotopic (exact) mass is 195 g/mol. The number of hydrogen-bond acceptors (Lipinski definition) is 3. The van der Waals surface area contributed by atoms with Crippen LogP contribution in [0.15, 0.2) is 0 Å². The minimum absolute atomic E-state index is 0.323. The Balaban J connectivity index is 2.35. The van der Waals surface area contributed by atoms with Crippen LogP contribution in [0.3, 0.4) is 0 Å². The molecule has 1 aromatic heterocycles. The predicted octanol–water partition coefficient (Wildman–Crippen LogP) is 2.23. The van der Waals surface area contributed by atoms with E-state index in [0.717, 1.165) is 18.7 Å². The topological polar surface area (TPSA) is 37.8 Å². The molecule has 2 rings (SSSR count). The second-order valence-electron chi connectivity index (χ2n) is 3.63. The van der Waals surface area contributed by atoms with E-state index >= 15 is 0 Å². The first kappa shape index (κ1) is 9.37. The Labute approximate surface area is 82.8 Å². The maximum absolute atomic E-state index is 13.5. The fourth-order valence-corrected chi connectivity index (χ4v) is 1.39. The lowest BCUT2D eigenvalue weighted by molar-refractivity contribution is 0.600. The van der Waals surface area contributed by atoms with Crippen LogP contribution in [0.2, 0.25) is 0 Å². The van der Waals surface area contributed by atoms with Gasteiger partial charge >= 0.3 is 0 Å². The molecule has 1 aliphatic carbocycles. The first-order valence-corrected chi connectivity index (χ1v) is 5.00. The lowest BCUT2D eigenvalue weighted by atomic mass is 10.3. The van der Waals surface area contributed by atoms with Gasteiger partial charge in [-0.1, -0.05) is 0 Å². The molecule has 1 heterocycles. The molecular formula is C10H14FN3. The summed E-state index contributed by atoms with van der Waals surface area (Å²) in [6, 6.07) is 0. The number of aryl methyl sites for hydroxylation is 1. The van der Waals surface area contributed by atoms with E-state index in [1.807, 2.05) is 6.92 Å². The van der Waals surface area contributed by atoms with E-state index in [1.54, 1.807) is 6.92 Å². The van der Waals surface area contributed by atoms with Crippen LogP contribution in [-0.2, 0) is 0 Å². The van der Waals surface area contributed by atoms with Crippen molar-refractivity contribution in [1.29, 1.82) is 0 Å². The SMILES string of the molecule is CCNc1nc(C2CC2)nc(C)c1F. The van der Waals surface area contributed by atoms with Gasteiger partial charge < -0.3 is 5.32 Å². The summed E-state index contributed by atoms with van der Waals surface area (Å²) in [5.74, 6) is 1.28. The number of anilines is 1. The summed E-state index contributed by atoms with van der Waals surface area (Å²) in [6.07, 6.45) is 2.27. The van der Waals surface area contributed by atoms with Crippen molar-refractivity contribution in [2.75, 3.05) is 11.9 Å². The molecule has 0 aromatic carbocycles. The largest absolute Gasteiger partial charge is 0.368 e. The molecule has 76 valence electrons. The fraction of sp³-hybridized carbons (Fsp3) is 0.600. The predicted molar refractivity (Wildman–Crippen MR) is 52.9 cm³/mol. The van der Waals surface area contributed by atoms with Crippen molar-refractivity contribution < 1.29 is 4.39 Å². The van der Waals surface area contributed by atoms with Crippen LogP contribution in [0.5, 0.6) is 0 Å². The van der Waals surface area contributed by atoms with Crippen molar-refractivity contribution >= 4 is 5.82 Å². The molecule has 1 saturated carbocycles. The van der Waals surface area contributed by atoms with Gasteiger partial charge in [-0.2, -0.15) is 0 Å². The third-order valence-electron chi connectivity index (χ3n) is 2.32. The summed E-state index contributed by atoms with van der Waals surface area (Å²) < 4.78 is 13.5. The summed E-state index contributed by atoms with van der Waals surface area (Å²) in [5, 5.41) is 2.91. The fourth-order valence-electron chi connectivity index (χ4n) is 1.39. The van der Waals surface area contributed by atoms with E-state index in [1.165, 1.54) is 0 Å². The highest BCUT2D eigenvalue weighted by atomic mass is 19.1. The Morgan fingerprint density at radius 2 is 2.14 bits per heavy atom. The molecule has 0 amide bonds. The van der Waals surface area contributed by atoms with E-state index in [2.05, 4.69) is 15.3 Å². The van der Waals surface area contributed by atoms with Crippen LogP contribution in [0.1, 0.15) is 37.2 Å². The Bertz CT molecular complexity index is 347. The lowest BCUT2D eigenvalue weighted by Crippen LogP contribution is -2.08. The molecule has 1 aliphatic rings. The second-order valence-corrected chi connectivity index (χ2v) is 3.63. The minimum Gasteiger partial charge on any atom is -0.368 e. The Morgan fingerprint density at radius 1 is 1.43 bits per heavy atom. The van der Waals surface area contributed by atoms with Gasteiger partial charge in [0.25, 0.3) is 0 Å². The molecule has 0 aliphatic heterocycles. The highest BCUT2D eigenvalue weighted by Gasteiger charge is 2.28. The van der Waals surface area contributed by atoms with E-state index in [-0.39, 0.29) is 5.82 Å². The number of hydrogen-bond donors (Lipinski definition) is 1. The maximum atomic E-state index is 13.5. The molecular weight excluding hydrogens is 181 g/mol. The maximum Gasteiger partial charge on any atom is 0.186 e. The summed E-state index contributed by atoms with van der Waals surface area (Å²) in [6.45, 7) is 4.29. The zero-order chi connectivity index (χ0) is 10.1. The molecule has 0 radical (unpaired) electrons. The van der Waals surface area contributed by atoms with Crippen LogP contribution < -0.4 is 5.32 Å². The highest BCUT2D eigenvalue weighted by Crippen LogP contribution is 2.38. The molecule has 1 N–H and O–H groups in total. The smallest absolute Gasteiger partial charge is 0.186 e. The summed E-state index contributed by atoms with van der Waals surface area (Å²) >= 11 is 0. The van der Waals surface area contributed by atoms with Gasteiger partial charge in [-0.05, 0) is 26.7 Å². The molecule has 3 nitrogen and oxygen atoms in total. The third kappa shape index (κ3) is 1.69. The van der Waals surface area contributed by atoms with Gasteiger partial charge in [-0.3, -0.25) is 0 Å². The Kier molecular flexibility index (Phi) is 2.35. The Hall–Kier alpha value is -1.19. The van der Waals surface area contributed by atoms with Crippen molar-refractivity contribution in [3.63, 3.8) is 0 Å². The zero-order valence-electron chi connectivity index (χ0n) is 8.47. The standard InChI is InChI=1S/C10H14FN3/c1-3-12-10-8(11)6(2)13-9(14-10)7-4-5-7/h7H,3-5H2,1-2H3,(H,12,13,14). The van der Waals surface area contributed by atoms with Crippen molar-refractivity contribution in [2.24, 2.45) is 0 Å². The van der Waals surface area contributed by atoms with Crippen molar-refractivity contribution in [3.8, 4) is 0 Å².